The van der Waals surface area contributed by atoms with Gasteiger partial charge in [-0.1, -0.05) is 94.1 Å². The molecule has 4 aromatic rings. The van der Waals surface area contributed by atoms with Crippen molar-refractivity contribution < 1.29 is 23.6 Å². The third-order valence-electron chi connectivity index (χ3n) is 9.77. The minimum absolute atomic E-state index is 0.0257. The van der Waals surface area contributed by atoms with Crippen LogP contribution in [0.5, 0.6) is 0 Å². The van der Waals surface area contributed by atoms with Gasteiger partial charge in [-0.15, -0.1) is 0 Å². The second kappa shape index (κ2) is 15.4. The molecule has 3 N–H and O–H groups in total. The molecule has 0 aliphatic heterocycles. The van der Waals surface area contributed by atoms with Crippen molar-refractivity contribution in [3.63, 3.8) is 0 Å². The molecule has 49 heavy (non-hydrogen) atoms. The van der Waals surface area contributed by atoms with Crippen molar-refractivity contribution in [1.82, 2.24) is 25.8 Å². The first-order chi connectivity index (χ1) is 23.5. The molecule has 5 rings (SSSR count). The number of nitrogens with zero attached hydrogens (tertiary/aromatic N) is 3. The number of hydrogen-bond acceptors (Lipinski definition) is 8. The number of alkyl carbamates (subject to hydrolysis) is 1. The molecule has 2 amide bonds. The van der Waals surface area contributed by atoms with Crippen LogP contribution in [-0.4, -0.2) is 44.5 Å². The fourth-order valence-corrected chi connectivity index (χ4v) is 6.98. The zero-order chi connectivity index (χ0) is 35.3. The number of aromatic amines is 1. The van der Waals surface area contributed by atoms with Crippen LogP contribution >= 0.6 is 23.2 Å². The topological polar surface area (TPSA) is 163 Å². The van der Waals surface area contributed by atoms with E-state index >= 15 is 0 Å². The van der Waals surface area contributed by atoms with E-state index in [1.807, 2.05) is 64.1 Å². The Morgan fingerprint density at radius 3 is 2.53 bits per heavy atom. The number of hydrogen-bond donors (Lipinski definition) is 3. The van der Waals surface area contributed by atoms with Gasteiger partial charge in [0, 0.05) is 34.9 Å². The van der Waals surface area contributed by atoms with Crippen molar-refractivity contribution in [2.24, 2.45) is 11.8 Å². The number of aromatic nitrogens is 3. The van der Waals surface area contributed by atoms with E-state index in [-0.39, 0.29) is 55.2 Å². The third kappa shape index (κ3) is 7.92. The lowest BCUT2D eigenvalue weighted by atomic mass is 9.73. The molecule has 0 bridgehead atoms. The fourth-order valence-electron chi connectivity index (χ4n) is 6.44. The molecule has 2 unspecified atom stereocenters. The Hall–Kier alpha value is -4.40. The second-order valence-corrected chi connectivity index (χ2v) is 13.7. The number of ether oxygens (including phenoxy) is 1. The second-order valence-electron chi connectivity index (χ2n) is 12.9. The average molecular weight is 708 g/mol. The summed E-state index contributed by atoms with van der Waals surface area (Å²) in [5, 5.41) is 20.6. The smallest absolute Gasteiger partial charge is 0.408 e. The molecule has 11 nitrogen and oxygen atoms in total. The number of halogens is 2. The first kappa shape index (κ1) is 35.9. The molecular weight excluding hydrogens is 667 g/mol. The molecule has 0 saturated carbocycles. The predicted molar refractivity (Wildman–Crippen MR) is 185 cm³/mol. The number of amides is 2. The van der Waals surface area contributed by atoms with Crippen LogP contribution in [0.2, 0.25) is 10.0 Å². The number of carbonyl (C=O) groups excluding carboxylic acids is 3. The Morgan fingerprint density at radius 2 is 1.86 bits per heavy atom. The van der Waals surface area contributed by atoms with Gasteiger partial charge in [-0.25, -0.2) is 4.79 Å². The van der Waals surface area contributed by atoms with Crippen LogP contribution in [0.1, 0.15) is 87.8 Å². The lowest BCUT2D eigenvalue weighted by molar-refractivity contribution is -0.134. The number of rotatable bonds is 13. The van der Waals surface area contributed by atoms with Crippen LogP contribution < -0.4 is 10.6 Å². The number of Topliss-reactive ketones (excluding diaryl/α,β-unsaturated/α-hetero) is 1. The Morgan fingerprint density at radius 1 is 1.12 bits per heavy atom. The highest BCUT2D eigenvalue weighted by Crippen LogP contribution is 2.40. The van der Waals surface area contributed by atoms with E-state index in [0.29, 0.717) is 34.8 Å². The van der Waals surface area contributed by atoms with E-state index < -0.39 is 29.5 Å². The molecule has 0 radical (unpaired) electrons. The van der Waals surface area contributed by atoms with Crippen molar-refractivity contribution in [3.8, 4) is 6.07 Å². The van der Waals surface area contributed by atoms with Crippen LogP contribution in [0, 0.1) is 23.2 Å². The Balaban J connectivity index is 1.48. The quantitative estimate of drug-likeness (QED) is 0.131. The summed E-state index contributed by atoms with van der Waals surface area (Å²) in [7, 11) is 0. The van der Waals surface area contributed by atoms with Gasteiger partial charge in [0.25, 0.3) is 5.82 Å². The number of ketones is 1. The minimum atomic E-state index is -1.36. The van der Waals surface area contributed by atoms with Crippen molar-refractivity contribution in [3.05, 3.63) is 81.0 Å². The molecule has 258 valence electrons. The summed E-state index contributed by atoms with van der Waals surface area (Å²) >= 11 is 13.0. The molecule has 0 saturated heterocycles. The number of H-pyrrole nitrogens is 1. The third-order valence-corrected chi connectivity index (χ3v) is 10.3. The largest absolute Gasteiger partial charge is 0.445 e. The normalized spacial score (nSPS) is 18.1. The Bertz CT molecular complexity index is 1870. The van der Waals surface area contributed by atoms with Crippen LogP contribution in [0.25, 0.3) is 10.9 Å². The summed E-state index contributed by atoms with van der Waals surface area (Å²) in [6.45, 7) is 7.80. The fraction of sp³-hybridized carbons (Fsp3) is 0.444. The summed E-state index contributed by atoms with van der Waals surface area (Å²) in [5.41, 5.74) is 1.89. The van der Waals surface area contributed by atoms with Crippen LogP contribution in [0.15, 0.2) is 47.0 Å². The van der Waals surface area contributed by atoms with Gasteiger partial charge in [-0.3, -0.25) is 9.59 Å². The predicted octanol–water partition coefficient (Wildman–Crippen LogP) is 7.20. The average Bonchev–Trinajstić information content (AvgIpc) is 3.73. The van der Waals surface area contributed by atoms with Gasteiger partial charge in [0.1, 0.15) is 24.3 Å². The molecule has 0 spiro atoms. The molecular formula is C36H40Cl2N6O5. The monoisotopic (exact) mass is 706 g/mol. The van der Waals surface area contributed by atoms with Gasteiger partial charge in [-0.2, -0.15) is 10.2 Å². The highest BCUT2D eigenvalue weighted by atomic mass is 35.5. The first-order valence-electron chi connectivity index (χ1n) is 16.5. The van der Waals surface area contributed by atoms with Gasteiger partial charge in [0.15, 0.2) is 5.78 Å². The first-order valence-corrected chi connectivity index (χ1v) is 17.3. The molecule has 2 aromatic carbocycles. The van der Waals surface area contributed by atoms with Gasteiger partial charge in [-0.05, 0) is 53.1 Å². The maximum Gasteiger partial charge on any atom is 0.408 e. The van der Waals surface area contributed by atoms with E-state index in [1.165, 1.54) is 0 Å². The van der Waals surface area contributed by atoms with Crippen LogP contribution in [0.3, 0.4) is 0 Å². The summed E-state index contributed by atoms with van der Waals surface area (Å²) in [6, 6.07) is 13.6. The highest BCUT2D eigenvalue weighted by molar-refractivity contribution is 6.38. The summed E-state index contributed by atoms with van der Waals surface area (Å²) in [6.07, 6.45) is 1.41. The van der Waals surface area contributed by atoms with Crippen LogP contribution in [0.4, 0.5) is 4.79 Å². The molecule has 5 atom stereocenters. The van der Waals surface area contributed by atoms with Gasteiger partial charge >= 0.3 is 6.09 Å². The molecule has 13 heteroatoms. The lowest BCUT2D eigenvalue weighted by Crippen LogP contribution is -2.62. The number of aryl methyl sites for hydroxylation is 1. The number of benzene rings is 2. The van der Waals surface area contributed by atoms with E-state index in [4.69, 9.17) is 32.5 Å². The van der Waals surface area contributed by atoms with Gasteiger partial charge < -0.3 is 24.9 Å². The summed E-state index contributed by atoms with van der Waals surface area (Å²) < 4.78 is 10.9. The maximum absolute atomic E-state index is 14.7. The molecule has 1 aliphatic carbocycles. The molecule has 1 aliphatic rings. The van der Waals surface area contributed by atoms with Gasteiger partial charge in [0.05, 0.1) is 10.5 Å². The Kier molecular flexibility index (Phi) is 11.3. The van der Waals surface area contributed by atoms with Crippen LogP contribution in [-0.2, 0) is 33.8 Å². The van der Waals surface area contributed by atoms with E-state index in [2.05, 4.69) is 25.8 Å². The SMILES string of the molecule is CCC(C)[C@H](NC(=O)OCc1ccccc1)C(=O)N[C@@]1(C(=O)C[C@H](c2nc(C#N)no2)C(C)CC)CCc2[nH]c3c(Cl)cc(Cl)cc3c2C1. The zero-order valence-corrected chi connectivity index (χ0v) is 29.5. The van der Waals surface area contributed by atoms with E-state index in [0.717, 1.165) is 22.2 Å². The highest BCUT2D eigenvalue weighted by Gasteiger charge is 2.46. The van der Waals surface area contributed by atoms with E-state index in [1.54, 1.807) is 12.1 Å². The van der Waals surface area contributed by atoms with Gasteiger partial charge in [0.2, 0.25) is 11.8 Å². The number of nitrogens with one attached hydrogen (secondary N) is 3. The van der Waals surface area contributed by atoms with Crippen molar-refractivity contribution in [1.29, 1.82) is 5.26 Å². The minimum Gasteiger partial charge on any atom is -0.445 e. The zero-order valence-electron chi connectivity index (χ0n) is 27.9. The number of nitriles is 1. The molecule has 2 heterocycles. The maximum atomic E-state index is 14.7. The molecule has 0 fully saturated rings. The van der Waals surface area contributed by atoms with Crippen molar-refractivity contribution >= 4 is 51.9 Å². The van der Waals surface area contributed by atoms with E-state index in [9.17, 15) is 19.6 Å². The van der Waals surface area contributed by atoms with Crippen molar-refractivity contribution in [2.75, 3.05) is 0 Å². The standard InChI is InChI=1S/C36H40Cl2N6O5/c1-5-20(3)24(34-41-30(18-39)44-49-34)16-29(45)36(13-12-28-26(17-36)25-14-23(37)15-27(38)32(25)40-28)43-33(46)31(21(4)6-2)42-35(47)48-19-22-10-8-7-9-11-22/h7-11,14-15,20-21,24,31,40H,5-6,12-13,16-17,19H2,1-4H3,(H,42,47)(H,43,46)/t20?,21?,24-,31-,36-/m0/s1. The van der Waals surface area contributed by atoms with Crippen molar-refractivity contribution in [2.45, 2.75) is 90.3 Å². The Labute approximate surface area is 295 Å². The number of fused-ring (bicyclic) bond motifs is 3. The summed E-state index contributed by atoms with van der Waals surface area (Å²) in [4.78, 5) is 49.6. The number of carbonyl (C=O) groups is 3. The molecule has 2 aromatic heterocycles. The summed E-state index contributed by atoms with van der Waals surface area (Å²) in [5.74, 6) is -1.47. The lowest BCUT2D eigenvalue weighted by Gasteiger charge is -2.39.